The highest BCUT2D eigenvalue weighted by molar-refractivity contribution is 5.94. The van der Waals surface area contributed by atoms with Crippen LogP contribution in [-0.4, -0.2) is 23.4 Å². The lowest BCUT2D eigenvalue weighted by molar-refractivity contribution is 0.0707. The molecule has 1 saturated heterocycles. The van der Waals surface area contributed by atoms with Crippen molar-refractivity contribution in [2.24, 2.45) is 10.8 Å². The van der Waals surface area contributed by atoms with Gasteiger partial charge in [-0.1, -0.05) is 20.8 Å². The highest BCUT2D eigenvalue weighted by Crippen LogP contribution is 2.52. The van der Waals surface area contributed by atoms with Crippen LogP contribution in [0.3, 0.4) is 0 Å². The molecule has 1 aromatic heterocycles. The van der Waals surface area contributed by atoms with Crippen LogP contribution in [0, 0.1) is 10.8 Å². The lowest BCUT2D eigenvalue weighted by atomic mass is 9.65. The van der Waals surface area contributed by atoms with Crippen molar-refractivity contribution in [3.63, 3.8) is 0 Å². The topological polar surface area (TPSA) is 33.5 Å². The Morgan fingerprint density at radius 1 is 1.39 bits per heavy atom. The zero-order chi connectivity index (χ0) is 13.0. The summed E-state index contributed by atoms with van der Waals surface area (Å²) in [6, 6.07) is 2.17. The minimum absolute atomic E-state index is 0.134. The maximum Gasteiger partial charge on any atom is 0.257 e. The average molecular weight is 247 g/mol. The predicted octanol–water partition coefficient (Wildman–Crippen LogP) is 3.32. The molecule has 98 valence electrons. The van der Waals surface area contributed by atoms with Gasteiger partial charge in [0.25, 0.3) is 5.91 Å². The van der Waals surface area contributed by atoms with Gasteiger partial charge in [-0.05, 0) is 36.2 Å². The van der Waals surface area contributed by atoms with Gasteiger partial charge in [-0.3, -0.25) is 4.79 Å². The highest BCUT2D eigenvalue weighted by atomic mass is 16.3. The second kappa shape index (κ2) is 3.62. The van der Waals surface area contributed by atoms with Crippen molar-refractivity contribution in [2.45, 2.75) is 46.1 Å². The average Bonchev–Trinajstić information content (AvgIpc) is 2.82. The number of likely N-dealkylation sites (tertiary alicyclic amines) is 1. The third kappa shape index (κ3) is 1.86. The maximum atomic E-state index is 12.5. The van der Waals surface area contributed by atoms with Crippen molar-refractivity contribution in [3.8, 4) is 0 Å². The number of hydrogen-bond acceptors (Lipinski definition) is 2. The molecule has 1 aliphatic carbocycles. The Hall–Kier alpha value is -1.25. The number of amides is 1. The number of carbonyl (C=O) groups is 1. The first-order valence-electron chi connectivity index (χ1n) is 6.72. The molecule has 0 radical (unpaired) electrons. The molecule has 2 bridgehead atoms. The van der Waals surface area contributed by atoms with E-state index in [0.717, 1.165) is 19.4 Å². The maximum absolute atomic E-state index is 12.5. The van der Waals surface area contributed by atoms with Crippen LogP contribution in [0.15, 0.2) is 23.0 Å². The van der Waals surface area contributed by atoms with Crippen LogP contribution in [-0.2, 0) is 0 Å². The lowest BCUT2D eigenvalue weighted by Gasteiger charge is -2.39. The smallest absolute Gasteiger partial charge is 0.257 e. The fraction of sp³-hybridized carbons (Fsp3) is 0.667. The Kier molecular flexibility index (Phi) is 2.38. The van der Waals surface area contributed by atoms with E-state index >= 15 is 0 Å². The van der Waals surface area contributed by atoms with Crippen molar-refractivity contribution in [2.75, 3.05) is 6.54 Å². The van der Waals surface area contributed by atoms with Gasteiger partial charge in [0.15, 0.2) is 0 Å². The van der Waals surface area contributed by atoms with E-state index in [4.69, 9.17) is 4.42 Å². The molecule has 2 unspecified atom stereocenters. The molecule has 1 aliphatic heterocycles. The lowest BCUT2D eigenvalue weighted by Crippen LogP contribution is -2.37. The zero-order valence-electron chi connectivity index (χ0n) is 11.4. The summed E-state index contributed by atoms with van der Waals surface area (Å²) in [5.41, 5.74) is 1.33. The highest BCUT2D eigenvalue weighted by Gasteiger charge is 2.51. The molecule has 2 aliphatic rings. The third-order valence-corrected chi connectivity index (χ3v) is 4.44. The summed E-state index contributed by atoms with van der Waals surface area (Å²) < 4.78 is 5.03. The van der Waals surface area contributed by atoms with Crippen LogP contribution < -0.4 is 0 Å². The number of furan rings is 1. The van der Waals surface area contributed by atoms with E-state index in [2.05, 4.69) is 25.7 Å². The number of hydrogen-bond donors (Lipinski definition) is 0. The molecule has 3 rings (SSSR count). The number of fused-ring (bicyclic) bond motifs is 2. The molecule has 0 aromatic carbocycles. The van der Waals surface area contributed by atoms with E-state index in [-0.39, 0.29) is 5.91 Å². The second-order valence-corrected chi connectivity index (χ2v) is 7.16. The summed E-state index contributed by atoms with van der Waals surface area (Å²) in [4.78, 5) is 14.5. The first-order chi connectivity index (χ1) is 8.39. The normalized spacial score (nSPS) is 33.7. The Bertz CT molecular complexity index is 463. The van der Waals surface area contributed by atoms with Gasteiger partial charge in [-0.2, -0.15) is 0 Å². The molecule has 0 N–H and O–H groups in total. The van der Waals surface area contributed by atoms with E-state index in [0.29, 0.717) is 22.4 Å². The fourth-order valence-electron chi connectivity index (χ4n) is 4.25. The second-order valence-electron chi connectivity index (χ2n) is 7.16. The van der Waals surface area contributed by atoms with Crippen LogP contribution in [0.25, 0.3) is 0 Å². The van der Waals surface area contributed by atoms with Crippen molar-refractivity contribution < 1.29 is 9.21 Å². The summed E-state index contributed by atoms with van der Waals surface area (Å²) >= 11 is 0. The van der Waals surface area contributed by atoms with Gasteiger partial charge in [0.05, 0.1) is 11.8 Å². The Balaban J connectivity index is 1.86. The van der Waals surface area contributed by atoms with Crippen LogP contribution >= 0.6 is 0 Å². The molecule has 18 heavy (non-hydrogen) atoms. The minimum atomic E-state index is 0.134. The molecule has 2 atom stereocenters. The van der Waals surface area contributed by atoms with E-state index in [1.807, 2.05) is 0 Å². The summed E-state index contributed by atoms with van der Waals surface area (Å²) in [5.74, 6) is 0.134. The van der Waals surface area contributed by atoms with Gasteiger partial charge in [-0.15, -0.1) is 0 Å². The van der Waals surface area contributed by atoms with Crippen molar-refractivity contribution in [3.05, 3.63) is 24.2 Å². The van der Waals surface area contributed by atoms with Crippen molar-refractivity contribution in [1.29, 1.82) is 0 Å². The quantitative estimate of drug-likeness (QED) is 0.762. The first-order valence-corrected chi connectivity index (χ1v) is 6.72. The van der Waals surface area contributed by atoms with Gasteiger partial charge >= 0.3 is 0 Å². The molecule has 3 nitrogen and oxygen atoms in total. The molecule has 0 spiro atoms. The molecular formula is C15H21NO2. The van der Waals surface area contributed by atoms with Gasteiger partial charge in [0, 0.05) is 12.6 Å². The Morgan fingerprint density at radius 2 is 2.17 bits per heavy atom. The predicted molar refractivity (Wildman–Crippen MR) is 69.3 cm³/mol. The summed E-state index contributed by atoms with van der Waals surface area (Å²) in [6.07, 6.45) is 6.61. The van der Waals surface area contributed by atoms with Crippen LogP contribution in [0.2, 0.25) is 0 Å². The summed E-state index contributed by atoms with van der Waals surface area (Å²) in [5, 5.41) is 0. The minimum Gasteiger partial charge on any atom is -0.472 e. The van der Waals surface area contributed by atoms with E-state index in [9.17, 15) is 4.79 Å². The molecule has 1 aromatic rings. The Labute approximate surface area is 108 Å². The molecule has 1 saturated carbocycles. The van der Waals surface area contributed by atoms with Gasteiger partial charge < -0.3 is 9.32 Å². The van der Waals surface area contributed by atoms with E-state index in [1.165, 1.54) is 6.42 Å². The van der Waals surface area contributed by atoms with E-state index < -0.39 is 0 Å². The van der Waals surface area contributed by atoms with Crippen LogP contribution in [0.5, 0.6) is 0 Å². The Morgan fingerprint density at radius 3 is 2.83 bits per heavy atom. The first kappa shape index (κ1) is 11.8. The number of rotatable bonds is 1. The van der Waals surface area contributed by atoms with Crippen LogP contribution in [0.4, 0.5) is 0 Å². The largest absolute Gasteiger partial charge is 0.472 e. The summed E-state index contributed by atoms with van der Waals surface area (Å²) in [7, 11) is 0. The van der Waals surface area contributed by atoms with E-state index in [1.54, 1.807) is 18.6 Å². The van der Waals surface area contributed by atoms with Crippen LogP contribution in [0.1, 0.15) is 50.4 Å². The fourth-order valence-corrected chi connectivity index (χ4v) is 4.25. The third-order valence-electron chi connectivity index (χ3n) is 4.44. The monoisotopic (exact) mass is 247 g/mol. The van der Waals surface area contributed by atoms with Gasteiger partial charge in [-0.25, -0.2) is 0 Å². The van der Waals surface area contributed by atoms with Crippen molar-refractivity contribution >= 4 is 5.91 Å². The molecule has 2 heterocycles. The van der Waals surface area contributed by atoms with Crippen molar-refractivity contribution in [1.82, 2.24) is 4.90 Å². The van der Waals surface area contributed by atoms with Gasteiger partial charge in [0.1, 0.15) is 6.26 Å². The zero-order valence-corrected chi connectivity index (χ0v) is 11.4. The summed E-state index contributed by atoms with van der Waals surface area (Å²) in [6.45, 7) is 7.86. The SMILES string of the molecule is CC1(C)CC2CC(C)(CN2C(=O)c2ccoc2)C1. The van der Waals surface area contributed by atoms with Gasteiger partial charge in [0.2, 0.25) is 0 Å². The number of nitrogens with zero attached hydrogens (tertiary/aromatic N) is 1. The standard InChI is InChI=1S/C15H21NO2/c1-14(2)6-12-7-15(3,9-14)10-16(12)13(17)11-4-5-18-8-11/h4-5,8,12H,6-7,9-10H2,1-3H3. The molecule has 3 heteroatoms. The molecule has 2 fully saturated rings. The number of carbonyl (C=O) groups excluding carboxylic acids is 1. The molecular weight excluding hydrogens is 226 g/mol. The molecule has 1 amide bonds.